The summed E-state index contributed by atoms with van der Waals surface area (Å²) in [6, 6.07) is 8.97. The highest BCUT2D eigenvalue weighted by atomic mass is 15.2. The quantitative estimate of drug-likeness (QED) is 0.712. The van der Waals surface area contributed by atoms with Gasteiger partial charge in [-0.2, -0.15) is 0 Å². The molecular formula is C14H21N. The maximum absolute atomic E-state index is 2.59. The summed E-state index contributed by atoms with van der Waals surface area (Å²) < 4.78 is 0. The van der Waals surface area contributed by atoms with Gasteiger partial charge in [0.2, 0.25) is 0 Å². The molecule has 0 bridgehead atoms. The third kappa shape index (κ3) is 2.07. The molecular weight excluding hydrogens is 182 g/mol. The van der Waals surface area contributed by atoms with Crippen LogP contribution in [0.5, 0.6) is 0 Å². The Morgan fingerprint density at radius 1 is 1.00 bits per heavy atom. The first-order valence-electron chi connectivity index (χ1n) is 5.93. The van der Waals surface area contributed by atoms with Crippen molar-refractivity contribution in [3.63, 3.8) is 0 Å². The molecule has 82 valence electrons. The lowest BCUT2D eigenvalue weighted by Gasteiger charge is -2.36. The molecule has 1 saturated heterocycles. The van der Waals surface area contributed by atoms with Crippen molar-refractivity contribution in [2.24, 2.45) is 0 Å². The van der Waals surface area contributed by atoms with Crippen LogP contribution in [-0.4, -0.2) is 18.0 Å². The van der Waals surface area contributed by atoms with E-state index >= 15 is 0 Å². The first-order valence-corrected chi connectivity index (χ1v) is 5.93. The van der Waals surface area contributed by atoms with Gasteiger partial charge in [0.05, 0.1) is 0 Å². The lowest BCUT2D eigenvalue weighted by Crippen LogP contribution is -2.39. The molecule has 1 aliphatic rings. The monoisotopic (exact) mass is 203 g/mol. The third-order valence-corrected chi connectivity index (χ3v) is 3.65. The molecule has 0 aromatic heterocycles. The SMILES string of the molecule is Cc1ccc(C(C)(C)N2CCCC2)cc1. The molecule has 1 heteroatoms. The van der Waals surface area contributed by atoms with Crippen LogP contribution in [0.15, 0.2) is 24.3 Å². The largest absolute Gasteiger partial charge is 0.294 e. The summed E-state index contributed by atoms with van der Waals surface area (Å²) in [4.78, 5) is 2.59. The van der Waals surface area contributed by atoms with E-state index < -0.39 is 0 Å². The van der Waals surface area contributed by atoms with Gasteiger partial charge in [-0.1, -0.05) is 29.8 Å². The second kappa shape index (κ2) is 3.97. The second-order valence-corrected chi connectivity index (χ2v) is 5.12. The van der Waals surface area contributed by atoms with E-state index in [0.717, 1.165) is 0 Å². The fourth-order valence-electron chi connectivity index (χ4n) is 2.42. The number of nitrogens with zero attached hydrogens (tertiary/aromatic N) is 1. The third-order valence-electron chi connectivity index (χ3n) is 3.65. The molecule has 0 aliphatic carbocycles. The van der Waals surface area contributed by atoms with Gasteiger partial charge in [0.25, 0.3) is 0 Å². The van der Waals surface area contributed by atoms with Crippen molar-refractivity contribution in [3.05, 3.63) is 35.4 Å². The summed E-state index contributed by atoms with van der Waals surface area (Å²) in [6.07, 6.45) is 2.71. The zero-order chi connectivity index (χ0) is 10.9. The molecule has 0 spiro atoms. The van der Waals surface area contributed by atoms with Gasteiger partial charge in [-0.15, -0.1) is 0 Å². The standard InChI is InChI=1S/C14H21N/c1-12-6-8-13(9-7-12)14(2,3)15-10-4-5-11-15/h6-9H,4-5,10-11H2,1-3H3. The lowest BCUT2D eigenvalue weighted by atomic mass is 9.92. The minimum absolute atomic E-state index is 0.199. The number of benzene rings is 1. The van der Waals surface area contributed by atoms with Crippen molar-refractivity contribution >= 4 is 0 Å². The van der Waals surface area contributed by atoms with E-state index in [2.05, 4.69) is 49.9 Å². The van der Waals surface area contributed by atoms with Gasteiger partial charge in [0.15, 0.2) is 0 Å². The molecule has 1 aliphatic heterocycles. The Morgan fingerprint density at radius 3 is 2.07 bits per heavy atom. The van der Waals surface area contributed by atoms with Crippen LogP contribution in [0.25, 0.3) is 0 Å². The molecule has 0 unspecified atom stereocenters. The molecule has 0 N–H and O–H groups in total. The van der Waals surface area contributed by atoms with E-state index in [9.17, 15) is 0 Å². The zero-order valence-corrected chi connectivity index (χ0v) is 10.1. The lowest BCUT2D eigenvalue weighted by molar-refractivity contribution is 0.155. The van der Waals surface area contributed by atoms with Gasteiger partial charge < -0.3 is 0 Å². The average Bonchev–Trinajstić information content (AvgIpc) is 2.71. The smallest absolute Gasteiger partial charge is 0.0404 e. The molecule has 1 aromatic carbocycles. The number of rotatable bonds is 2. The Morgan fingerprint density at radius 2 is 1.53 bits per heavy atom. The van der Waals surface area contributed by atoms with E-state index in [4.69, 9.17) is 0 Å². The highest BCUT2D eigenvalue weighted by Crippen LogP contribution is 2.30. The molecule has 0 radical (unpaired) electrons. The van der Waals surface area contributed by atoms with Crippen molar-refractivity contribution in [3.8, 4) is 0 Å². The summed E-state index contributed by atoms with van der Waals surface area (Å²) in [5.41, 5.74) is 2.98. The minimum Gasteiger partial charge on any atom is -0.294 e. The van der Waals surface area contributed by atoms with Gasteiger partial charge in [-0.05, 0) is 52.3 Å². The Balaban J connectivity index is 2.23. The normalized spacial score (nSPS) is 18.3. The first-order chi connectivity index (χ1) is 7.10. The molecule has 0 amide bonds. The second-order valence-electron chi connectivity index (χ2n) is 5.12. The zero-order valence-electron chi connectivity index (χ0n) is 10.1. The minimum atomic E-state index is 0.199. The van der Waals surface area contributed by atoms with Crippen molar-refractivity contribution in [2.75, 3.05) is 13.1 Å². The van der Waals surface area contributed by atoms with Crippen LogP contribution in [0.4, 0.5) is 0 Å². The van der Waals surface area contributed by atoms with Crippen LogP contribution in [-0.2, 0) is 5.54 Å². The van der Waals surface area contributed by atoms with Gasteiger partial charge in [-0.3, -0.25) is 4.90 Å². The Bertz CT molecular complexity index is 318. The summed E-state index contributed by atoms with van der Waals surface area (Å²) in [7, 11) is 0. The number of aryl methyl sites for hydroxylation is 1. The fourth-order valence-corrected chi connectivity index (χ4v) is 2.42. The van der Waals surface area contributed by atoms with E-state index in [1.54, 1.807) is 0 Å². The molecule has 15 heavy (non-hydrogen) atoms. The predicted molar refractivity (Wildman–Crippen MR) is 65.0 cm³/mol. The van der Waals surface area contributed by atoms with Crippen LogP contribution in [0.3, 0.4) is 0 Å². The number of hydrogen-bond acceptors (Lipinski definition) is 1. The molecule has 0 saturated carbocycles. The molecule has 1 heterocycles. The summed E-state index contributed by atoms with van der Waals surface area (Å²) >= 11 is 0. The molecule has 1 aromatic rings. The van der Waals surface area contributed by atoms with E-state index in [-0.39, 0.29) is 5.54 Å². The molecule has 0 atom stereocenters. The van der Waals surface area contributed by atoms with Gasteiger partial charge >= 0.3 is 0 Å². The maximum atomic E-state index is 2.59. The van der Waals surface area contributed by atoms with Crippen LogP contribution in [0.2, 0.25) is 0 Å². The topological polar surface area (TPSA) is 3.24 Å². The molecule has 1 fully saturated rings. The van der Waals surface area contributed by atoms with Gasteiger partial charge in [0.1, 0.15) is 0 Å². The predicted octanol–water partition coefficient (Wildman–Crippen LogP) is 3.33. The summed E-state index contributed by atoms with van der Waals surface area (Å²) in [5.74, 6) is 0. The Labute approximate surface area is 93.1 Å². The highest BCUT2D eigenvalue weighted by Gasteiger charge is 2.30. The van der Waals surface area contributed by atoms with E-state index in [1.165, 1.54) is 37.1 Å². The number of likely N-dealkylation sites (tertiary alicyclic amines) is 1. The van der Waals surface area contributed by atoms with Crippen molar-refractivity contribution < 1.29 is 0 Å². The van der Waals surface area contributed by atoms with E-state index in [0.29, 0.717) is 0 Å². The molecule has 2 rings (SSSR count). The van der Waals surface area contributed by atoms with Crippen LogP contribution in [0.1, 0.15) is 37.8 Å². The van der Waals surface area contributed by atoms with Crippen molar-refractivity contribution in [1.82, 2.24) is 4.90 Å². The number of hydrogen-bond donors (Lipinski definition) is 0. The Hall–Kier alpha value is -0.820. The van der Waals surface area contributed by atoms with Crippen LogP contribution < -0.4 is 0 Å². The van der Waals surface area contributed by atoms with E-state index in [1.807, 2.05) is 0 Å². The first kappa shape index (κ1) is 10.7. The summed E-state index contributed by atoms with van der Waals surface area (Å²) in [5, 5.41) is 0. The van der Waals surface area contributed by atoms with Crippen LogP contribution in [0, 0.1) is 6.92 Å². The van der Waals surface area contributed by atoms with Crippen molar-refractivity contribution in [2.45, 2.75) is 39.2 Å². The Kier molecular flexibility index (Phi) is 2.83. The summed E-state index contributed by atoms with van der Waals surface area (Å²) in [6.45, 7) is 9.32. The average molecular weight is 203 g/mol. The van der Waals surface area contributed by atoms with Gasteiger partial charge in [0, 0.05) is 5.54 Å². The maximum Gasteiger partial charge on any atom is 0.0404 e. The molecule has 1 nitrogen and oxygen atoms in total. The van der Waals surface area contributed by atoms with Crippen LogP contribution >= 0.6 is 0 Å². The fraction of sp³-hybridized carbons (Fsp3) is 0.571. The van der Waals surface area contributed by atoms with Gasteiger partial charge in [-0.25, -0.2) is 0 Å². The highest BCUT2D eigenvalue weighted by molar-refractivity contribution is 5.27. The van der Waals surface area contributed by atoms with Crippen molar-refractivity contribution in [1.29, 1.82) is 0 Å².